The summed E-state index contributed by atoms with van der Waals surface area (Å²) in [4.78, 5) is 33.1. The van der Waals surface area contributed by atoms with E-state index in [2.05, 4.69) is 19.9 Å². The number of rotatable bonds is 5. The van der Waals surface area contributed by atoms with E-state index < -0.39 is 24.3 Å². The number of carboxylic acids is 2. The van der Waals surface area contributed by atoms with Gasteiger partial charge >= 0.3 is 24.3 Å². The Balaban J connectivity index is 0.000000271. The van der Waals surface area contributed by atoms with E-state index in [-0.39, 0.29) is 0 Å². The van der Waals surface area contributed by atoms with Gasteiger partial charge in [0.2, 0.25) is 5.95 Å². The molecule has 0 bridgehead atoms. The lowest BCUT2D eigenvalue weighted by molar-refractivity contribution is -0.193. The van der Waals surface area contributed by atoms with Crippen LogP contribution < -0.4 is 4.90 Å². The number of ether oxygens (including phenoxy) is 1. The van der Waals surface area contributed by atoms with Crippen LogP contribution in [0.25, 0.3) is 0 Å². The molecule has 0 aromatic carbocycles. The van der Waals surface area contributed by atoms with Gasteiger partial charge in [-0.15, -0.1) is 0 Å². The second-order valence-corrected chi connectivity index (χ2v) is 7.72. The summed E-state index contributed by atoms with van der Waals surface area (Å²) in [5.41, 5.74) is 3.91. The van der Waals surface area contributed by atoms with Crippen molar-refractivity contribution in [1.82, 2.24) is 15.0 Å². The van der Waals surface area contributed by atoms with E-state index in [0.29, 0.717) is 6.61 Å². The van der Waals surface area contributed by atoms with Crippen LogP contribution in [0.5, 0.6) is 0 Å². The van der Waals surface area contributed by atoms with Gasteiger partial charge in [0, 0.05) is 44.5 Å². The smallest absolute Gasteiger partial charge is 0.475 e. The normalized spacial score (nSPS) is 15.0. The number of nitrogens with zero attached hydrogens (tertiary/aromatic N) is 4. The molecule has 1 saturated carbocycles. The molecular formula is C21H22F6N4O5. The Kier molecular flexibility index (Phi) is 9.95. The van der Waals surface area contributed by atoms with E-state index in [0.717, 1.165) is 38.0 Å². The molecule has 0 unspecified atom stereocenters. The Bertz CT molecular complexity index is 992. The van der Waals surface area contributed by atoms with Gasteiger partial charge in [0.1, 0.15) is 0 Å². The number of hydrogen-bond donors (Lipinski definition) is 2. The summed E-state index contributed by atoms with van der Waals surface area (Å²) >= 11 is 0. The fraction of sp³-hybridized carbons (Fsp3) is 0.476. The minimum atomic E-state index is -5.08. The van der Waals surface area contributed by atoms with Gasteiger partial charge in [0.25, 0.3) is 0 Å². The van der Waals surface area contributed by atoms with Crippen LogP contribution in [-0.4, -0.2) is 62.6 Å². The molecule has 2 N–H and O–H groups in total. The molecule has 4 rings (SSSR count). The lowest BCUT2D eigenvalue weighted by atomic mass is 9.97. The van der Waals surface area contributed by atoms with E-state index in [9.17, 15) is 26.3 Å². The third-order valence-electron chi connectivity index (χ3n) is 4.86. The summed E-state index contributed by atoms with van der Waals surface area (Å²) in [6.07, 6.45) is 0.998. The molecule has 2 aliphatic rings. The van der Waals surface area contributed by atoms with Crippen molar-refractivity contribution in [2.45, 2.75) is 44.8 Å². The molecule has 2 aromatic heterocycles. The second-order valence-electron chi connectivity index (χ2n) is 7.72. The minimum absolute atomic E-state index is 0.689. The highest BCUT2D eigenvalue weighted by Crippen LogP contribution is 2.30. The number of pyridine rings is 1. The van der Waals surface area contributed by atoms with E-state index in [1.54, 1.807) is 12.4 Å². The molecule has 2 aromatic rings. The van der Waals surface area contributed by atoms with Gasteiger partial charge in [-0.25, -0.2) is 19.6 Å². The first-order chi connectivity index (χ1) is 16.8. The van der Waals surface area contributed by atoms with Gasteiger partial charge in [-0.05, 0) is 47.9 Å². The maximum Gasteiger partial charge on any atom is 0.490 e. The van der Waals surface area contributed by atoms with Crippen LogP contribution in [0.15, 0.2) is 30.9 Å². The highest BCUT2D eigenvalue weighted by Gasteiger charge is 2.38. The van der Waals surface area contributed by atoms with Crippen LogP contribution in [0.3, 0.4) is 0 Å². The monoisotopic (exact) mass is 524 g/mol. The van der Waals surface area contributed by atoms with Gasteiger partial charge in [0.05, 0.1) is 6.61 Å². The van der Waals surface area contributed by atoms with Crippen LogP contribution in [0.4, 0.5) is 32.3 Å². The van der Waals surface area contributed by atoms with Crippen molar-refractivity contribution in [3.63, 3.8) is 0 Å². The highest BCUT2D eigenvalue weighted by molar-refractivity contribution is 5.73. The van der Waals surface area contributed by atoms with Gasteiger partial charge in [-0.3, -0.25) is 4.98 Å². The predicted molar refractivity (Wildman–Crippen MR) is 111 cm³/mol. The lowest BCUT2D eigenvalue weighted by Crippen LogP contribution is -2.32. The zero-order valence-electron chi connectivity index (χ0n) is 18.6. The third kappa shape index (κ3) is 9.64. The number of carbonyl (C=O) groups is 2. The maximum atomic E-state index is 10.6. The Morgan fingerprint density at radius 1 is 1.00 bits per heavy atom. The standard InChI is InChI=1S/C17H20N4O.2C2HF3O2/c1-5-19-17(20-6-1)21-7-4-16-14(10-21)8-18-9-15(16)12-22-11-13-2-3-13;2*3-2(4,5)1(6)7/h1,5-6,8-9,13H,2-4,7,10-12H2;2*(H,6,7). The number of aliphatic carboxylic acids is 2. The summed E-state index contributed by atoms with van der Waals surface area (Å²) < 4.78 is 69.3. The molecule has 0 saturated heterocycles. The molecule has 36 heavy (non-hydrogen) atoms. The highest BCUT2D eigenvalue weighted by atomic mass is 19.4. The fourth-order valence-electron chi connectivity index (χ4n) is 2.94. The van der Waals surface area contributed by atoms with Crippen LogP contribution in [0, 0.1) is 5.92 Å². The molecule has 1 aliphatic heterocycles. The zero-order chi connectivity index (χ0) is 26.9. The summed E-state index contributed by atoms with van der Waals surface area (Å²) in [5, 5.41) is 14.2. The average molecular weight is 524 g/mol. The van der Waals surface area contributed by atoms with Crippen molar-refractivity contribution in [1.29, 1.82) is 0 Å². The largest absolute Gasteiger partial charge is 0.490 e. The molecule has 15 heteroatoms. The molecule has 3 heterocycles. The van der Waals surface area contributed by atoms with Gasteiger partial charge in [-0.1, -0.05) is 0 Å². The average Bonchev–Trinajstić information content (AvgIpc) is 3.63. The number of halogens is 6. The molecule has 0 amide bonds. The number of hydrogen-bond acceptors (Lipinski definition) is 7. The summed E-state index contributed by atoms with van der Waals surface area (Å²) in [6, 6.07) is 1.85. The number of carboxylic acid groups (broad SMARTS) is 2. The van der Waals surface area contributed by atoms with Gasteiger partial charge in [-0.2, -0.15) is 26.3 Å². The van der Waals surface area contributed by atoms with E-state index in [1.165, 1.54) is 29.5 Å². The van der Waals surface area contributed by atoms with Gasteiger partial charge < -0.3 is 19.8 Å². The van der Waals surface area contributed by atoms with E-state index in [4.69, 9.17) is 24.5 Å². The second kappa shape index (κ2) is 12.5. The first-order valence-corrected chi connectivity index (χ1v) is 10.4. The molecule has 198 valence electrons. The number of alkyl halides is 6. The molecule has 1 aliphatic carbocycles. The fourth-order valence-corrected chi connectivity index (χ4v) is 2.94. The summed E-state index contributed by atoms with van der Waals surface area (Å²) in [6.45, 7) is 3.35. The summed E-state index contributed by atoms with van der Waals surface area (Å²) in [7, 11) is 0. The topological polar surface area (TPSA) is 126 Å². The molecule has 0 radical (unpaired) electrons. The lowest BCUT2D eigenvalue weighted by Gasteiger charge is -2.29. The molecule has 1 fully saturated rings. The Hall–Kier alpha value is -3.49. The van der Waals surface area contributed by atoms with Crippen LogP contribution in [-0.2, 0) is 33.9 Å². The van der Waals surface area contributed by atoms with Crippen molar-refractivity contribution in [2.24, 2.45) is 5.92 Å². The van der Waals surface area contributed by atoms with E-state index in [1.807, 2.05) is 18.5 Å². The number of anilines is 1. The third-order valence-corrected chi connectivity index (χ3v) is 4.86. The van der Waals surface area contributed by atoms with E-state index >= 15 is 0 Å². The molecule has 9 nitrogen and oxygen atoms in total. The number of aromatic nitrogens is 3. The van der Waals surface area contributed by atoms with Crippen LogP contribution in [0.1, 0.15) is 29.5 Å². The predicted octanol–water partition coefficient (Wildman–Crippen LogP) is 3.63. The maximum absolute atomic E-state index is 10.6. The van der Waals surface area contributed by atoms with Crippen LogP contribution in [0.2, 0.25) is 0 Å². The van der Waals surface area contributed by atoms with Crippen molar-refractivity contribution in [3.05, 3.63) is 47.5 Å². The molecular weight excluding hydrogens is 502 g/mol. The SMILES string of the molecule is O=C(O)C(F)(F)F.O=C(O)C(F)(F)F.c1cnc(N2CCc3c(COCC4CC4)cncc3C2)nc1. The van der Waals surface area contributed by atoms with Crippen LogP contribution >= 0.6 is 0 Å². The van der Waals surface area contributed by atoms with Crippen molar-refractivity contribution in [2.75, 3.05) is 18.1 Å². The Morgan fingerprint density at radius 2 is 1.56 bits per heavy atom. The Morgan fingerprint density at radius 3 is 2.06 bits per heavy atom. The first kappa shape index (κ1) is 28.7. The van der Waals surface area contributed by atoms with Crippen molar-refractivity contribution >= 4 is 17.9 Å². The Labute approximate surface area is 200 Å². The van der Waals surface area contributed by atoms with Gasteiger partial charge in [0.15, 0.2) is 0 Å². The quantitative estimate of drug-likeness (QED) is 0.564. The van der Waals surface area contributed by atoms with Crippen molar-refractivity contribution in [3.8, 4) is 0 Å². The molecule has 0 spiro atoms. The minimum Gasteiger partial charge on any atom is -0.475 e. The summed E-state index contributed by atoms with van der Waals surface area (Å²) in [5.74, 6) is -3.92. The van der Waals surface area contributed by atoms with Crippen molar-refractivity contribution < 1.29 is 50.9 Å². The number of fused-ring (bicyclic) bond motifs is 1. The first-order valence-electron chi connectivity index (χ1n) is 10.4. The molecule has 0 atom stereocenters. The zero-order valence-corrected chi connectivity index (χ0v) is 18.6.